The van der Waals surface area contributed by atoms with Crippen molar-refractivity contribution in [3.63, 3.8) is 0 Å². The Hall–Kier alpha value is -1.00. The number of nitrogens with zero attached hydrogens (tertiary/aromatic N) is 1. The molecule has 2 unspecified atom stereocenters. The molecule has 1 fully saturated rings. The molecule has 8 nitrogen and oxygen atoms in total. The van der Waals surface area contributed by atoms with E-state index in [1.54, 1.807) is 4.90 Å². The molecule has 134 valence electrons. The number of carbonyl (C=O) groups is 1. The molecule has 23 heavy (non-hydrogen) atoms. The summed E-state index contributed by atoms with van der Waals surface area (Å²) in [5.41, 5.74) is 0. The number of esters is 1. The molecule has 1 rings (SSSR count). The molecule has 3 atom stereocenters. The van der Waals surface area contributed by atoms with Crippen LogP contribution in [0.1, 0.15) is 19.3 Å². The van der Waals surface area contributed by atoms with E-state index in [9.17, 15) is 18.3 Å². The third-order valence-corrected chi connectivity index (χ3v) is 4.20. The Morgan fingerprint density at radius 3 is 2.78 bits per heavy atom. The van der Waals surface area contributed by atoms with E-state index in [1.807, 2.05) is 0 Å². The second-order valence-corrected chi connectivity index (χ2v) is 7.17. The Morgan fingerprint density at radius 1 is 1.52 bits per heavy atom. The average Bonchev–Trinajstić information content (AvgIpc) is 2.90. The van der Waals surface area contributed by atoms with Crippen molar-refractivity contribution in [2.45, 2.75) is 31.6 Å². The summed E-state index contributed by atoms with van der Waals surface area (Å²) in [5, 5.41) is 19.5. The van der Waals surface area contributed by atoms with Gasteiger partial charge >= 0.3 is 5.97 Å². The first-order valence-electron chi connectivity index (χ1n) is 7.44. The SMILES string of the molecule is C=CCOC(=O)C[C@H](CCO)C(O)N1CCC(OS(C)(=O)=O)C1. The minimum absolute atomic E-state index is 0.0380. The fourth-order valence-electron chi connectivity index (χ4n) is 2.57. The summed E-state index contributed by atoms with van der Waals surface area (Å²) >= 11 is 0. The summed E-state index contributed by atoms with van der Waals surface area (Å²) in [4.78, 5) is 13.3. The Balaban J connectivity index is 2.58. The molecule has 0 radical (unpaired) electrons. The van der Waals surface area contributed by atoms with Gasteiger partial charge in [0.2, 0.25) is 0 Å². The summed E-state index contributed by atoms with van der Waals surface area (Å²) in [6.45, 7) is 4.06. The zero-order valence-electron chi connectivity index (χ0n) is 13.3. The van der Waals surface area contributed by atoms with Crippen LogP contribution < -0.4 is 0 Å². The van der Waals surface area contributed by atoms with Crippen molar-refractivity contribution in [1.82, 2.24) is 4.90 Å². The fourth-order valence-corrected chi connectivity index (χ4v) is 3.22. The van der Waals surface area contributed by atoms with Gasteiger partial charge < -0.3 is 14.9 Å². The molecule has 0 aromatic heterocycles. The fraction of sp³-hybridized carbons (Fsp3) is 0.786. The molecule has 2 N–H and O–H groups in total. The molecule has 1 aliphatic heterocycles. The van der Waals surface area contributed by atoms with Crippen LogP contribution in [-0.4, -0.2) is 74.4 Å². The van der Waals surface area contributed by atoms with Crippen LogP contribution in [0.5, 0.6) is 0 Å². The Morgan fingerprint density at radius 2 is 2.22 bits per heavy atom. The molecule has 1 aliphatic rings. The predicted octanol–water partition coefficient (Wildman–Crippen LogP) is -0.527. The number of carbonyl (C=O) groups excluding carboxylic acids is 1. The Labute approximate surface area is 136 Å². The third-order valence-electron chi connectivity index (χ3n) is 3.57. The van der Waals surface area contributed by atoms with E-state index < -0.39 is 34.3 Å². The number of rotatable bonds is 10. The van der Waals surface area contributed by atoms with Gasteiger partial charge in [-0.05, 0) is 12.8 Å². The second-order valence-electron chi connectivity index (χ2n) is 5.57. The van der Waals surface area contributed by atoms with Crippen molar-refractivity contribution < 1.29 is 32.3 Å². The average molecular weight is 351 g/mol. The standard InChI is InChI=1S/C14H25NO7S/c1-3-8-21-13(17)9-11(5-7-16)14(18)15-6-4-12(10-15)22-23(2,19)20/h3,11-12,14,16,18H,1,4-10H2,2H3/t11-,12?,14?/m0/s1. The second kappa shape index (κ2) is 9.33. The molecule has 0 aliphatic carbocycles. The minimum atomic E-state index is -3.55. The van der Waals surface area contributed by atoms with E-state index in [1.165, 1.54) is 6.08 Å². The molecule has 0 amide bonds. The van der Waals surface area contributed by atoms with Crippen molar-refractivity contribution >= 4 is 16.1 Å². The van der Waals surface area contributed by atoms with Crippen molar-refractivity contribution in [3.8, 4) is 0 Å². The number of hydrogen-bond donors (Lipinski definition) is 2. The number of hydrogen-bond acceptors (Lipinski definition) is 8. The maximum absolute atomic E-state index is 11.7. The summed E-state index contributed by atoms with van der Waals surface area (Å²) in [7, 11) is -3.55. The summed E-state index contributed by atoms with van der Waals surface area (Å²) in [6.07, 6.45) is 1.60. The minimum Gasteiger partial charge on any atom is -0.461 e. The molecular formula is C14H25NO7S. The smallest absolute Gasteiger partial charge is 0.306 e. The molecule has 0 aromatic carbocycles. The first kappa shape index (κ1) is 20.0. The predicted molar refractivity (Wildman–Crippen MR) is 82.9 cm³/mol. The number of aliphatic hydroxyl groups is 2. The lowest BCUT2D eigenvalue weighted by molar-refractivity contribution is -0.146. The van der Waals surface area contributed by atoms with E-state index >= 15 is 0 Å². The van der Waals surface area contributed by atoms with E-state index in [0.29, 0.717) is 13.0 Å². The van der Waals surface area contributed by atoms with Crippen LogP contribution in [0.2, 0.25) is 0 Å². The van der Waals surface area contributed by atoms with Gasteiger partial charge in [-0.3, -0.25) is 13.9 Å². The normalized spacial score (nSPS) is 21.8. The van der Waals surface area contributed by atoms with Gasteiger partial charge in [-0.1, -0.05) is 12.7 Å². The topological polar surface area (TPSA) is 113 Å². The molecule has 1 saturated heterocycles. The van der Waals surface area contributed by atoms with Crippen molar-refractivity contribution in [1.29, 1.82) is 0 Å². The van der Waals surface area contributed by atoms with E-state index in [0.717, 1.165) is 6.26 Å². The van der Waals surface area contributed by atoms with Crippen molar-refractivity contribution in [2.24, 2.45) is 5.92 Å². The molecule has 0 aromatic rings. The molecule has 1 heterocycles. The lowest BCUT2D eigenvalue weighted by Gasteiger charge is -2.29. The van der Waals surface area contributed by atoms with Crippen LogP contribution in [-0.2, 0) is 23.8 Å². The Bertz CT molecular complexity index is 493. The maximum Gasteiger partial charge on any atom is 0.306 e. The van der Waals surface area contributed by atoms with Crippen molar-refractivity contribution in [2.75, 3.05) is 32.6 Å². The maximum atomic E-state index is 11.7. The first-order chi connectivity index (χ1) is 10.8. The highest BCUT2D eigenvalue weighted by molar-refractivity contribution is 7.86. The van der Waals surface area contributed by atoms with E-state index in [-0.39, 0.29) is 32.6 Å². The van der Waals surface area contributed by atoms with Crippen LogP contribution in [0.15, 0.2) is 12.7 Å². The highest BCUT2D eigenvalue weighted by Crippen LogP contribution is 2.23. The molecule has 9 heteroatoms. The van der Waals surface area contributed by atoms with Gasteiger partial charge in [-0.25, -0.2) is 0 Å². The van der Waals surface area contributed by atoms with Crippen molar-refractivity contribution in [3.05, 3.63) is 12.7 Å². The van der Waals surface area contributed by atoms with Gasteiger partial charge in [0.15, 0.2) is 0 Å². The van der Waals surface area contributed by atoms with Crippen LogP contribution in [0.25, 0.3) is 0 Å². The largest absolute Gasteiger partial charge is 0.461 e. The zero-order valence-corrected chi connectivity index (χ0v) is 14.1. The number of aliphatic hydroxyl groups excluding tert-OH is 2. The lowest BCUT2D eigenvalue weighted by atomic mass is 9.99. The van der Waals surface area contributed by atoms with Crippen LogP contribution in [0.4, 0.5) is 0 Å². The monoisotopic (exact) mass is 351 g/mol. The highest BCUT2D eigenvalue weighted by atomic mass is 32.2. The number of ether oxygens (including phenoxy) is 1. The molecule has 0 spiro atoms. The van der Waals surface area contributed by atoms with Gasteiger partial charge in [-0.2, -0.15) is 8.42 Å². The van der Waals surface area contributed by atoms with Crippen LogP contribution >= 0.6 is 0 Å². The van der Waals surface area contributed by atoms with Gasteiger partial charge in [0.05, 0.1) is 18.8 Å². The molecule has 0 bridgehead atoms. The third kappa shape index (κ3) is 7.40. The van der Waals surface area contributed by atoms with Crippen LogP contribution in [0, 0.1) is 5.92 Å². The summed E-state index contributed by atoms with van der Waals surface area (Å²) < 4.78 is 32.1. The van der Waals surface area contributed by atoms with Gasteiger partial charge in [0, 0.05) is 25.6 Å². The zero-order chi connectivity index (χ0) is 17.5. The number of likely N-dealkylation sites (tertiary alicyclic amines) is 1. The quantitative estimate of drug-likeness (QED) is 0.307. The van der Waals surface area contributed by atoms with Gasteiger partial charge in [0.25, 0.3) is 10.1 Å². The molecule has 0 saturated carbocycles. The van der Waals surface area contributed by atoms with Crippen LogP contribution in [0.3, 0.4) is 0 Å². The summed E-state index contributed by atoms with van der Waals surface area (Å²) in [5.74, 6) is -0.986. The summed E-state index contributed by atoms with van der Waals surface area (Å²) in [6, 6.07) is 0. The Kier molecular flexibility index (Phi) is 8.13. The molecular weight excluding hydrogens is 326 g/mol. The van der Waals surface area contributed by atoms with E-state index in [2.05, 4.69) is 6.58 Å². The van der Waals surface area contributed by atoms with E-state index in [4.69, 9.17) is 14.0 Å². The first-order valence-corrected chi connectivity index (χ1v) is 9.26. The highest BCUT2D eigenvalue weighted by Gasteiger charge is 2.34. The van der Waals surface area contributed by atoms with Gasteiger partial charge in [0.1, 0.15) is 12.8 Å². The van der Waals surface area contributed by atoms with Gasteiger partial charge in [-0.15, -0.1) is 0 Å². The lowest BCUT2D eigenvalue weighted by Crippen LogP contribution is -2.41.